The van der Waals surface area contributed by atoms with Crippen LogP contribution in [0.15, 0.2) is 64.2 Å². The number of hydrogen-bond acceptors (Lipinski definition) is 4. The van der Waals surface area contributed by atoms with Crippen molar-refractivity contribution in [2.45, 2.75) is 30.4 Å². The molecule has 0 radical (unpaired) electrons. The number of nitrogens with zero attached hydrogens (tertiary/aromatic N) is 2. The predicted molar refractivity (Wildman–Crippen MR) is 90.8 cm³/mol. The molecule has 0 spiro atoms. The highest BCUT2D eigenvalue weighted by Crippen LogP contribution is 2.23. The van der Waals surface area contributed by atoms with Crippen molar-refractivity contribution in [3.63, 3.8) is 0 Å². The van der Waals surface area contributed by atoms with Crippen molar-refractivity contribution in [3.8, 4) is 0 Å². The summed E-state index contributed by atoms with van der Waals surface area (Å²) in [7, 11) is 0. The fourth-order valence-corrected chi connectivity index (χ4v) is 2.98. The van der Waals surface area contributed by atoms with Crippen LogP contribution in [0.5, 0.6) is 0 Å². The normalized spacial score (nSPS) is 12.3. The van der Waals surface area contributed by atoms with Crippen LogP contribution in [-0.4, -0.2) is 10.2 Å². The number of rotatable bonds is 6. The van der Waals surface area contributed by atoms with E-state index in [9.17, 15) is 0 Å². The van der Waals surface area contributed by atoms with Gasteiger partial charge in [0.2, 0.25) is 0 Å². The lowest BCUT2D eigenvalue weighted by Crippen LogP contribution is -2.54. The SMILES string of the molecule is Cc1ccc(CSc2nnc([C@@H]([NH3+])Cc3ccccc3)o2)cc1. The first kappa shape index (κ1) is 15.8. The average molecular weight is 326 g/mol. The lowest BCUT2D eigenvalue weighted by Gasteiger charge is -2.03. The van der Waals surface area contributed by atoms with Crippen LogP contribution in [0, 0.1) is 6.92 Å². The van der Waals surface area contributed by atoms with Crippen molar-refractivity contribution in [2.75, 3.05) is 0 Å². The molecule has 3 aromatic rings. The van der Waals surface area contributed by atoms with E-state index in [1.54, 1.807) is 11.8 Å². The molecule has 1 heterocycles. The van der Waals surface area contributed by atoms with Gasteiger partial charge in [-0.2, -0.15) is 0 Å². The Kier molecular flexibility index (Phi) is 5.10. The van der Waals surface area contributed by atoms with E-state index in [0.29, 0.717) is 11.1 Å². The summed E-state index contributed by atoms with van der Waals surface area (Å²) in [6.45, 7) is 2.09. The van der Waals surface area contributed by atoms with Crippen LogP contribution in [-0.2, 0) is 12.2 Å². The quantitative estimate of drug-likeness (QED) is 0.706. The molecule has 2 aromatic carbocycles. The van der Waals surface area contributed by atoms with Crippen molar-refractivity contribution >= 4 is 11.8 Å². The van der Waals surface area contributed by atoms with Crippen molar-refractivity contribution < 1.29 is 10.2 Å². The molecule has 1 aromatic heterocycles. The molecule has 1 atom stereocenters. The highest BCUT2D eigenvalue weighted by molar-refractivity contribution is 7.98. The Morgan fingerprint density at radius 3 is 2.48 bits per heavy atom. The first-order valence-electron chi connectivity index (χ1n) is 7.59. The molecule has 0 fully saturated rings. The van der Waals surface area contributed by atoms with Gasteiger partial charge in [-0.15, -0.1) is 10.2 Å². The van der Waals surface area contributed by atoms with Gasteiger partial charge in [0.05, 0.1) is 0 Å². The maximum Gasteiger partial charge on any atom is 0.277 e. The van der Waals surface area contributed by atoms with Crippen LogP contribution in [0.4, 0.5) is 0 Å². The Hall–Kier alpha value is -2.11. The Bertz CT molecular complexity index is 740. The van der Waals surface area contributed by atoms with Gasteiger partial charge in [0.15, 0.2) is 6.04 Å². The van der Waals surface area contributed by atoms with E-state index in [0.717, 1.165) is 12.2 Å². The van der Waals surface area contributed by atoms with Crippen LogP contribution in [0.3, 0.4) is 0 Å². The maximum atomic E-state index is 5.74. The molecule has 5 heteroatoms. The van der Waals surface area contributed by atoms with E-state index < -0.39 is 0 Å². The summed E-state index contributed by atoms with van der Waals surface area (Å²) in [4.78, 5) is 0. The molecular formula is C18H20N3OS+. The Morgan fingerprint density at radius 2 is 1.74 bits per heavy atom. The van der Waals surface area contributed by atoms with Gasteiger partial charge in [0, 0.05) is 12.2 Å². The fraction of sp³-hybridized carbons (Fsp3) is 0.222. The van der Waals surface area contributed by atoms with E-state index in [1.165, 1.54) is 16.7 Å². The van der Waals surface area contributed by atoms with Gasteiger partial charge in [-0.3, -0.25) is 0 Å². The number of thioether (sulfide) groups is 1. The van der Waals surface area contributed by atoms with Crippen LogP contribution in [0.1, 0.15) is 28.6 Å². The Labute approximate surface area is 140 Å². The molecule has 0 aliphatic heterocycles. The van der Waals surface area contributed by atoms with E-state index in [4.69, 9.17) is 4.42 Å². The summed E-state index contributed by atoms with van der Waals surface area (Å²) in [5.74, 6) is 1.42. The highest BCUT2D eigenvalue weighted by atomic mass is 32.2. The molecule has 0 unspecified atom stereocenters. The molecule has 118 valence electrons. The number of aromatic nitrogens is 2. The molecule has 0 aliphatic carbocycles. The highest BCUT2D eigenvalue weighted by Gasteiger charge is 2.18. The minimum Gasteiger partial charge on any atom is -0.410 e. The maximum absolute atomic E-state index is 5.74. The summed E-state index contributed by atoms with van der Waals surface area (Å²) in [5, 5.41) is 8.86. The van der Waals surface area contributed by atoms with Crippen molar-refractivity contribution in [1.29, 1.82) is 0 Å². The largest absolute Gasteiger partial charge is 0.410 e. The molecule has 0 saturated heterocycles. The third-order valence-electron chi connectivity index (χ3n) is 3.58. The third-order valence-corrected chi connectivity index (χ3v) is 4.47. The monoisotopic (exact) mass is 326 g/mol. The minimum absolute atomic E-state index is 0.0291. The van der Waals surface area contributed by atoms with Crippen molar-refractivity contribution in [2.24, 2.45) is 0 Å². The second-order valence-corrected chi connectivity index (χ2v) is 6.49. The van der Waals surface area contributed by atoms with Gasteiger partial charge in [0.25, 0.3) is 11.1 Å². The smallest absolute Gasteiger partial charge is 0.277 e. The number of aryl methyl sites for hydroxylation is 1. The van der Waals surface area contributed by atoms with Crippen LogP contribution in [0.2, 0.25) is 0 Å². The van der Waals surface area contributed by atoms with Gasteiger partial charge >= 0.3 is 0 Å². The first-order chi connectivity index (χ1) is 11.2. The van der Waals surface area contributed by atoms with Crippen molar-refractivity contribution in [3.05, 3.63) is 77.2 Å². The van der Waals surface area contributed by atoms with Gasteiger partial charge in [-0.05, 0) is 18.1 Å². The molecule has 0 amide bonds. The Balaban J connectivity index is 1.58. The fourth-order valence-electron chi connectivity index (χ4n) is 2.26. The lowest BCUT2D eigenvalue weighted by atomic mass is 10.1. The zero-order valence-electron chi connectivity index (χ0n) is 13.1. The van der Waals surface area contributed by atoms with Gasteiger partial charge in [-0.25, -0.2) is 0 Å². The topological polar surface area (TPSA) is 66.6 Å². The number of hydrogen-bond donors (Lipinski definition) is 1. The summed E-state index contributed by atoms with van der Waals surface area (Å²) in [5.41, 5.74) is 7.87. The second kappa shape index (κ2) is 7.44. The summed E-state index contributed by atoms with van der Waals surface area (Å²) in [6, 6.07) is 18.7. The molecule has 4 nitrogen and oxygen atoms in total. The molecular weight excluding hydrogens is 306 g/mol. The van der Waals surface area contributed by atoms with E-state index in [1.807, 2.05) is 18.2 Å². The summed E-state index contributed by atoms with van der Waals surface area (Å²) >= 11 is 1.56. The minimum atomic E-state index is -0.0291. The molecule has 3 N–H and O–H groups in total. The van der Waals surface area contributed by atoms with Gasteiger partial charge in [0.1, 0.15) is 0 Å². The predicted octanol–water partition coefficient (Wildman–Crippen LogP) is 3.20. The molecule has 3 rings (SSSR count). The van der Waals surface area contributed by atoms with E-state index >= 15 is 0 Å². The molecule has 0 saturated carbocycles. The van der Waals surface area contributed by atoms with Gasteiger partial charge in [-0.1, -0.05) is 71.9 Å². The Morgan fingerprint density at radius 1 is 1.00 bits per heavy atom. The van der Waals surface area contributed by atoms with Crippen molar-refractivity contribution in [1.82, 2.24) is 10.2 Å². The molecule has 0 bridgehead atoms. The number of benzene rings is 2. The third kappa shape index (κ3) is 4.43. The van der Waals surface area contributed by atoms with E-state index in [2.05, 4.69) is 59.3 Å². The van der Waals surface area contributed by atoms with Crippen LogP contribution < -0.4 is 5.73 Å². The van der Waals surface area contributed by atoms with E-state index in [-0.39, 0.29) is 6.04 Å². The second-order valence-electron chi connectivity index (χ2n) is 5.57. The standard InChI is InChI=1S/C18H19N3OS/c1-13-7-9-15(10-8-13)12-23-18-21-20-17(22-18)16(19)11-14-5-3-2-4-6-14/h2-10,16H,11-12,19H2,1H3/p+1/t16-/m0/s1. The summed E-state index contributed by atoms with van der Waals surface area (Å²) < 4.78 is 5.74. The lowest BCUT2D eigenvalue weighted by molar-refractivity contribution is -0.431. The average Bonchev–Trinajstić information content (AvgIpc) is 3.04. The van der Waals surface area contributed by atoms with Crippen LogP contribution in [0.25, 0.3) is 0 Å². The first-order valence-corrected chi connectivity index (χ1v) is 8.58. The molecule has 0 aliphatic rings. The number of quaternary nitrogens is 1. The zero-order chi connectivity index (χ0) is 16.1. The zero-order valence-corrected chi connectivity index (χ0v) is 13.9. The van der Waals surface area contributed by atoms with Crippen LogP contribution >= 0.6 is 11.8 Å². The van der Waals surface area contributed by atoms with Gasteiger partial charge < -0.3 is 10.2 Å². The summed E-state index contributed by atoms with van der Waals surface area (Å²) in [6.07, 6.45) is 0.797. The molecule has 23 heavy (non-hydrogen) atoms.